The van der Waals surface area contributed by atoms with Crippen molar-refractivity contribution in [3.63, 3.8) is 0 Å². The molecule has 1 aromatic rings. The number of hydroxylamine groups is 1. The fourth-order valence-corrected chi connectivity index (χ4v) is 1.52. The van der Waals surface area contributed by atoms with Crippen LogP contribution in [0, 0.1) is 0 Å². The first kappa shape index (κ1) is 18.2. The Morgan fingerprint density at radius 3 is 2.68 bits per heavy atom. The maximum atomic E-state index is 11.7. The molecule has 22 heavy (non-hydrogen) atoms. The number of pyridine rings is 1. The van der Waals surface area contributed by atoms with Gasteiger partial charge in [0, 0.05) is 11.2 Å². The van der Waals surface area contributed by atoms with E-state index in [1.54, 1.807) is 33.8 Å². The van der Waals surface area contributed by atoms with Gasteiger partial charge in [0.25, 0.3) is 5.91 Å². The molecule has 8 heteroatoms. The summed E-state index contributed by atoms with van der Waals surface area (Å²) in [5.74, 6) is -0.521. The van der Waals surface area contributed by atoms with Crippen LogP contribution in [0.3, 0.4) is 0 Å². The van der Waals surface area contributed by atoms with Crippen LogP contribution in [0.5, 0.6) is 0 Å². The normalized spacial score (nSPS) is 12.4. The van der Waals surface area contributed by atoms with Crippen LogP contribution >= 0.6 is 11.6 Å². The lowest BCUT2D eigenvalue weighted by Crippen LogP contribution is -2.41. The Bertz CT molecular complexity index is 531. The van der Waals surface area contributed by atoms with Crippen molar-refractivity contribution in [2.75, 3.05) is 6.61 Å². The third kappa shape index (κ3) is 7.24. The molecule has 0 bridgehead atoms. The largest absolute Gasteiger partial charge is 0.444 e. The molecule has 0 aliphatic rings. The maximum Gasteiger partial charge on any atom is 0.407 e. The van der Waals surface area contributed by atoms with Crippen LogP contribution in [-0.2, 0) is 9.57 Å². The summed E-state index contributed by atoms with van der Waals surface area (Å²) in [5, 5.41) is 2.99. The van der Waals surface area contributed by atoms with E-state index in [0.29, 0.717) is 5.02 Å². The molecular weight excluding hydrogens is 310 g/mol. The number of amides is 2. The van der Waals surface area contributed by atoms with Gasteiger partial charge in [-0.1, -0.05) is 11.6 Å². The van der Waals surface area contributed by atoms with Gasteiger partial charge in [0.05, 0.1) is 12.6 Å². The van der Waals surface area contributed by atoms with E-state index in [1.165, 1.54) is 12.3 Å². The lowest BCUT2D eigenvalue weighted by atomic mass is 10.2. The first-order chi connectivity index (χ1) is 10.2. The molecule has 122 valence electrons. The molecular formula is C14H20ClN3O4. The van der Waals surface area contributed by atoms with Gasteiger partial charge in [0.2, 0.25) is 0 Å². The Kier molecular flexibility index (Phi) is 6.58. The Morgan fingerprint density at radius 2 is 2.09 bits per heavy atom. The number of halogens is 1. The summed E-state index contributed by atoms with van der Waals surface area (Å²) in [7, 11) is 0. The third-order valence-corrected chi connectivity index (χ3v) is 2.45. The number of alkyl carbamates (subject to hydrolysis) is 1. The summed E-state index contributed by atoms with van der Waals surface area (Å²) in [5.41, 5.74) is 1.79. The molecule has 1 aromatic heterocycles. The molecule has 0 saturated heterocycles. The van der Waals surface area contributed by atoms with Gasteiger partial charge < -0.3 is 10.1 Å². The zero-order valence-electron chi connectivity index (χ0n) is 13.0. The van der Waals surface area contributed by atoms with Gasteiger partial charge in [-0.2, -0.15) is 0 Å². The summed E-state index contributed by atoms with van der Waals surface area (Å²) < 4.78 is 5.10. The van der Waals surface area contributed by atoms with Crippen LogP contribution in [-0.4, -0.2) is 35.2 Å². The van der Waals surface area contributed by atoms with Gasteiger partial charge in [-0.3, -0.25) is 14.6 Å². The molecule has 2 N–H and O–H groups in total. The molecule has 0 aromatic carbocycles. The van der Waals surface area contributed by atoms with Crippen LogP contribution in [0.25, 0.3) is 0 Å². The second kappa shape index (κ2) is 7.95. The SMILES string of the molecule is C[C@H](CONC(=O)c1cc(Cl)ccn1)NC(=O)OC(C)(C)C. The topological polar surface area (TPSA) is 89.5 Å². The van der Waals surface area contributed by atoms with Gasteiger partial charge in [-0.05, 0) is 39.8 Å². The number of aromatic nitrogens is 1. The second-order valence-electron chi connectivity index (χ2n) is 5.65. The summed E-state index contributed by atoms with van der Waals surface area (Å²) in [6.07, 6.45) is 0.871. The molecule has 7 nitrogen and oxygen atoms in total. The molecule has 1 atom stereocenters. The molecule has 0 spiro atoms. The maximum absolute atomic E-state index is 11.7. The molecule has 0 aliphatic heterocycles. The van der Waals surface area contributed by atoms with Crippen molar-refractivity contribution < 1.29 is 19.2 Å². The first-order valence-electron chi connectivity index (χ1n) is 6.70. The van der Waals surface area contributed by atoms with Crippen molar-refractivity contribution in [1.82, 2.24) is 15.8 Å². The quantitative estimate of drug-likeness (QED) is 0.809. The average Bonchev–Trinajstić information content (AvgIpc) is 2.36. The van der Waals surface area contributed by atoms with Gasteiger partial charge in [0.1, 0.15) is 11.3 Å². The minimum absolute atomic E-state index is 0.0749. The standard InChI is InChI=1S/C14H20ClN3O4/c1-9(17-13(20)22-14(2,3)4)8-21-18-12(19)11-7-10(15)5-6-16-11/h5-7,9H,8H2,1-4H3,(H,17,20)(H,18,19)/t9-/m1/s1. The molecule has 0 radical (unpaired) electrons. The van der Waals surface area contributed by atoms with E-state index in [2.05, 4.69) is 15.8 Å². The molecule has 1 heterocycles. The molecule has 0 fully saturated rings. The van der Waals surface area contributed by atoms with Crippen LogP contribution in [0.1, 0.15) is 38.2 Å². The van der Waals surface area contributed by atoms with Crippen LogP contribution < -0.4 is 10.8 Å². The smallest absolute Gasteiger partial charge is 0.407 e. The lowest BCUT2D eigenvalue weighted by Gasteiger charge is -2.21. The third-order valence-electron chi connectivity index (χ3n) is 2.22. The minimum Gasteiger partial charge on any atom is -0.444 e. The molecule has 2 amide bonds. The molecule has 0 saturated carbocycles. The van der Waals surface area contributed by atoms with E-state index in [4.69, 9.17) is 21.2 Å². The van der Waals surface area contributed by atoms with Gasteiger partial charge in [-0.15, -0.1) is 0 Å². The number of hydrogen-bond acceptors (Lipinski definition) is 5. The average molecular weight is 330 g/mol. The number of hydrogen-bond donors (Lipinski definition) is 2. The Morgan fingerprint density at radius 1 is 1.41 bits per heavy atom. The summed E-state index contributed by atoms with van der Waals surface area (Å²) in [6, 6.07) is 2.64. The van der Waals surface area contributed by atoms with Crippen molar-refractivity contribution in [1.29, 1.82) is 0 Å². The number of ether oxygens (including phenoxy) is 1. The van der Waals surface area contributed by atoms with Crippen LogP contribution in [0.4, 0.5) is 4.79 Å². The first-order valence-corrected chi connectivity index (χ1v) is 7.08. The zero-order chi connectivity index (χ0) is 16.8. The fraction of sp³-hybridized carbons (Fsp3) is 0.500. The highest BCUT2D eigenvalue weighted by Crippen LogP contribution is 2.08. The Labute approximate surface area is 134 Å². The van der Waals surface area contributed by atoms with Gasteiger partial charge in [-0.25, -0.2) is 10.3 Å². The van der Waals surface area contributed by atoms with E-state index >= 15 is 0 Å². The highest BCUT2D eigenvalue weighted by molar-refractivity contribution is 6.30. The van der Waals surface area contributed by atoms with E-state index < -0.39 is 17.6 Å². The number of carbonyl (C=O) groups is 2. The highest BCUT2D eigenvalue weighted by atomic mass is 35.5. The number of carbonyl (C=O) groups excluding carboxylic acids is 2. The summed E-state index contributed by atoms with van der Waals surface area (Å²) in [4.78, 5) is 32.1. The number of nitrogens with zero attached hydrogens (tertiary/aromatic N) is 1. The van der Waals surface area contributed by atoms with Gasteiger partial charge in [0.15, 0.2) is 0 Å². The Hall–Kier alpha value is -1.86. The zero-order valence-corrected chi connectivity index (χ0v) is 13.7. The Balaban J connectivity index is 2.31. The van der Waals surface area contributed by atoms with E-state index in [0.717, 1.165) is 0 Å². The van der Waals surface area contributed by atoms with E-state index in [9.17, 15) is 9.59 Å². The summed E-state index contributed by atoms with van der Waals surface area (Å²) >= 11 is 5.76. The molecule has 0 aliphatic carbocycles. The van der Waals surface area contributed by atoms with Gasteiger partial charge >= 0.3 is 6.09 Å². The lowest BCUT2D eigenvalue weighted by molar-refractivity contribution is 0.0187. The van der Waals surface area contributed by atoms with Crippen molar-refractivity contribution in [3.8, 4) is 0 Å². The van der Waals surface area contributed by atoms with E-state index in [1.807, 2.05) is 0 Å². The van der Waals surface area contributed by atoms with E-state index in [-0.39, 0.29) is 18.3 Å². The molecule has 1 rings (SSSR count). The van der Waals surface area contributed by atoms with Crippen molar-refractivity contribution >= 4 is 23.6 Å². The number of rotatable bonds is 5. The predicted octanol–water partition coefficient (Wildman–Crippen LogP) is 2.31. The second-order valence-corrected chi connectivity index (χ2v) is 6.09. The predicted molar refractivity (Wildman–Crippen MR) is 81.5 cm³/mol. The van der Waals surface area contributed by atoms with Crippen molar-refractivity contribution in [3.05, 3.63) is 29.0 Å². The van der Waals surface area contributed by atoms with Crippen molar-refractivity contribution in [2.45, 2.75) is 39.3 Å². The molecule has 0 unspecified atom stereocenters. The summed E-state index contributed by atoms with van der Waals surface area (Å²) in [6.45, 7) is 7.10. The highest BCUT2D eigenvalue weighted by Gasteiger charge is 2.18. The minimum atomic E-state index is -0.572. The number of nitrogens with one attached hydrogen (secondary N) is 2. The van der Waals surface area contributed by atoms with Crippen molar-refractivity contribution in [2.24, 2.45) is 0 Å². The van der Waals surface area contributed by atoms with Crippen LogP contribution in [0.2, 0.25) is 5.02 Å². The monoisotopic (exact) mass is 329 g/mol. The van der Waals surface area contributed by atoms with Crippen LogP contribution in [0.15, 0.2) is 18.3 Å². The fourth-order valence-electron chi connectivity index (χ4n) is 1.36.